The first kappa shape index (κ1) is 14.7. The standard InChI is InChI=1S/C14H17ClN2O3/c15-9-4-5-12(11(6-9)13(16)18)17-7-8-2-1-3-10(8)14(19)20/h4-6,8,10,17H,1-3,7H2,(H2,16,18)(H,19,20). The average molecular weight is 297 g/mol. The van der Waals surface area contributed by atoms with E-state index in [1.165, 1.54) is 6.07 Å². The quantitative estimate of drug-likeness (QED) is 0.777. The topological polar surface area (TPSA) is 92.4 Å². The summed E-state index contributed by atoms with van der Waals surface area (Å²) in [4.78, 5) is 22.5. The number of anilines is 1. The zero-order chi connectivity index (χ0) is 14.7. The maximum atomic E-state index is 11.4. The van der Waals surface area contributed by atoms with E-state index < -0.39 is 11.9 Å². The Hall–Kier alpha value is -1.75. The van der Waals surface area contributed by atoms with Crippen molar-refractivity contribution in [3.8, 4) is 0 Å². The number of carbonyl (C=O) groups excluding carboxylic acids is 1. The molecule has 2 atom stereocenters. The van der Waals surface area contributed by atoms with Crippen LogP contribution in [0.1, 0.15) is 29.6 Å². The van der Waals surface area contributed by atoms with Crippen LogP contribution in [-0.2, 0) is 4.79 Å². The normalized spacial score (nSPS) is 21.6. The molecule has 2 rings (SSSR count). The predicted octanol–water partition coefficient (Wildman–Crippen LogP) is 2.35. The minimum absolute atomic E-state index is 0.0731. The van der Waals surface area contributed by atoms with Gasteiger partial charge in [-0.2, -0.15) is 0 Å². The van der Waals surface area contributed by atoms with Gasteiger partial charge in [-0.25, -0.2) is 0 Å². The Morgan fingerprint density at radius 2 is 2.15 bits per heavy atom. The second-order valence-corrected chi connectivity index (χ2v) is 5.51. The molecule has 0 aromatic heterocycles. The third-order valence-corrected chi connectivity index (χ3v) is 4.01. The van der Waals surface area contributed by atoms with Crippen LogP contribution in [0.5, 0.6) is 0 Å². The molecule has 0 heterocycles. The number of carbonyl (C=O) groups is 2. The summed E-state index contributed by atoms with van der Waals surface area (Å²) in [5.74, 6) is -1.55. The van der Waals surface area contributed by atoms with E-state index in [9.17, 15) is 9.59 Å². The Morgan fingerprint density at radius 1 is 1.40 bits per heavy atom. The number of carboxylic acid groups (broad SMARTS) is 1. The zero-order valence-corrected chi connectivity index (χ0v) is 11.7. The Bertz CT molecular complexity index is 533. The summed E-state index contributed by atoms with van der Waals surface area (Å²) >= 11 is 5.84. The van der Waals surface area contributed by atoms with Crippen LogP contribution < -0.4 is 11.1 Å². The molecule has 1 fully saturated rings. The van der Waals surface area contributed by atoms with Crippen molar-refractivity contribution in [3.05, 3.63) is 28.8 Å². The number of amides is 1. The van der Waals surface area contributed by atoms with Crippen molar-refractivity contribution in [1.29, 1.82) is 0 Å². The second kappa shape index (κ2) is 6.13. The first-order chi connectivity index (χ1) is 9.49. The van der Waals surface area contributed by atoms with Crippen LogP contribution >= 0.6 is 11.6 Å². The van der Waals surface area contributed by atoms with Crippen molar-refractivity contribution in [2.75, 3.05) is 11.9 Å². The molecule has 0 saturated heterocycles. The highest BCUT2D eigenvalue weighted by molar-refractivity contribution is 6.31. The molecule has 2 unspecified atom stereocenters. The highest BCUT2D eigenvalue weighted by atomic mass is 35.5. The molecular formula is C14H17ClN2O3. The van der Waals surface area contributed by atoms with Crippen LogP contribution in [0, 0.1) is 11.8 Å². The van der Waals surface area contributed by atoms with Crippen LogP contribution in [0.2, 0.25) is 5.02 Å². The van der Waals surface area contributed by atoms with E-state index in [1.807, 2.05) is 0 Å². The summed E-state index contributed by atoms with van der Waals surface area (Å²) in [5, 5.41) is 12.7. The van der Waals surface area contributed by atoms with Gasteiger partial charge in [0.1, 0.15) is 0 Å². The lowest BCUT2D eigenvalue weighted by molar-refractivity contribution is -0.142. The molecule has 20 heavy (non-hydrogen) atoms. The van der Waals surface area contributed by atoms with E-state index in [-0.39, 0.29) is 11.8 Å². The number of rotatable bonds is 5. The van der Waals surface area contributed by atoms with Gasteiger partial charge in [-0.3, -0.25) is 9.59 Å². The number of nitrogens with one attached hydrogen (secondary N) is 1. The molecule has 5 nitrogen and oxygen atoms in total. The van der Waals surface area contributed by atoms with E-state index in [0.717, 1.165) is 12.8 Å². The number of aliphatic carboxylic acids is 1. The van der Waals surface area contributed by atoms with Crippen molar-refractivity contribution in [3.63, 3.8) is 0 Å². The average Bonchev–Trinajstić information content (AvgIpc) is 2.85. The lowest BCUT2D eigenvalue weighted by atomic mass is 9.96. The molecule has 1 saturated carbocycles. The lowest BCUT2D eigenvalue weighted by Gasteiger charge is -2.18. The molecule has 1 aliphatic carbocycles. The maximum absolute atomic E-state index is 11.4. The van der Waals surface area contributed by atoms with Crippen LogP contribution in [0.4, 0.5) is 5.69 Å². The number of benzene rings is 1. The fourth-order valence-corrected chi connectivity index (χ4v) is 2.89. The van der Waals surface area contributed by atoms with Gasteiger partial charge in [0, 0.05) is 17.3 Å². The van der Waals surface area contributed by atoms with E-state index >= 15 is 0 Å². The van der Waals surface area contributed by atoms with Gasteiger partial charge in [0.15, 0.2) is 0 Å². The second-order valence-electron chi connectivity index (χ2n) is 5.07. The van der Waals surface area contributed by atoms with Crippen LogP contribution in [-0.4, -0.2) is 23.5 Å². The Labute approximate surface area is 122 Å². The molecule has 1 aromatic carbocycles. The summed E-state index contributed by atoms with van der Waals surface area (Å²) in [7, 11) is 0. The van der Waals surface area contributed by atoms with Gasteiger partial charge in [0.2, 0.25) is 0 Å². The van der Waals surface area contributed by atoms with Crippen molar-refractivity contribution in [2.24, 2.45) is 17.6 Å². The molecule has 4 N–H and O–H groups in total. The molecule has 1 aromatic rings. The van der Waals surface area contributed by atoms with Gasteiger partial charge in [-0.15, -0.1) is 0 Å². The smallest absolute Gasteiger partial charge is 0.306 e. The predicted molar refractivity (Wildman–Crippen MR) is 76.9 cm³/mol. The van der Waals surface area contributed by atoms with Crippen molar-refractivity contribution in [1.82, 2.24) is 0 Å². The number of nitrogens with two attached hydrogens (primary N) is 1. The Morgan fingerprint density at radius 3 is 2.80 bits per heavy atom. The van der Waals surface area contributed by atoms with Crippen molar-refractivity contribution >= 4 is 29.2 Å². The molecule has 6 heteroatoms. The first-order valence-corrected chi connectivity index (χ1v) is 6.93. The number of primary amides is 1. The number of hydrogen-bond donors (Lipinski definition) is 3. The Kier molecular flexibility index (Phi) is 4.49. The molecule has 108 valence electrons. The van der Waals surface area contributed by atoms with Gasteiger partial charge in [-0.1, -0.05) is 18.0 Å². The van der Waals surface area contributed by atoms with Crippen molar-refractivity contribution in [2.45, 2.75) is 19.3 Å². The van der Waals surface area contributed by atoms with Crippen LogP contribution in [0.15, 0.2) is 18.2 Å². The van der Waals surface area contributed by atoms with E-state index in [2.05, 4.69) is 5.32 Å². The van der Waals surface area contributed by atoms with E-state index in [4.69, 9.17) is 22.4 Å². The SMILES string of the molecule is NC(=O)c1cc(Cl)ccc1NCC1CCCC1C(=O)O. The van der Waals surface area contributed by atoms with Gasteiger partial charge >= 0.3 is 5.97 Å². The monoisotopic (exact) mass is 296 g/mol. The van der Waals surface area contributed by atoms with Crippen LogP contribution in [0.3, 0.4) is 0 Å². The number of carboxylic acids is 1. The van der Waals surface area contributed by atoms with Gasteiger partial charge in [0.25, 0.3) is 5.91 Å². The molecule has 1 amide bonds. The minimum atomic E-state index is -0.750. The first-order valence-electron chi connectivity index (χ1n) is 6.55. The summed E-state index contributed by atoms with van der Waals surface area (Å²) in [5.41, 5.74) is 6.23. The molecule has 0 aliphatic heterocycles. The van der Waals surface area contributed by atoms with Gasteiger partial charge < -0.3 is 16.2 Å². The summed E-state index contributed by atoms with van der Waals surface area (Å²) in [6.07, 6.45) is 2.51. The molecule has 0 spiro atoms. The van der Waals surface area contributed by atoms with E-state index in [0.29, 0.717) is 29.2 Å². The van der Waals surface area contributed by atoms with Crippen LogP contribution in [0.25, 0.3) is 0 Å². The Balaban J connectivity index is 2.07. The molecule has 0 radical (unpaired) electrons. The molecule has 1 aliphatic rings. The van der Waals surface area contributed by atoms with Crippen molar-refractivity contribution < 1.29 is 14.7 Å². The number of halogens is 1. The summed E-state index contributed by atoms with van der Waals surface area (Å²) in [6.45, 7) is 0.513. The van der Waals surface area contributed by atoms with Gasteiger partial charge in [-0.05, 0) is 37.0 Å². The highest BCUT2D eigenvalue weighted by Gasteiger charge is 2.32. The molecular weight excluding hydrogens is 280 g/mol. The number of hydrogen-bond acceptors (Lipinski definition) is 3. The highest BCUT2D eigenvalue weighted by Crippen LogP contribution is 2.32. The summed E-state index contributed by atoms with van der Waals surface area (Å²) in [6, 6.07) is 4.86. The van der Waals surface area contributed by atoms with Gasteiger partial charge in [0.05, 0.1) is 11.5 Å². The fourth-order valence-electron chi connectivity index (χ4n) is 2.72. The maximum Gasteiger partial charge on any atom is 0.306 e. The third-order valence-electron chi connectivity index (χ3n) is 3.78. The fraction of sp³-hybridized carbons (Fsp3) is 0.429. The largest absolute Gasteiger partial charge is 0.481 e. The summed E-state index contributed by atoms with van der Waals surface area (Å²) < 4.78 is 0. The lowest BCUT2D eigenvalue weighted by Crippen LogP contribution is -2.25. The van der Waals surface area contributed by atoms with E-state index in [1.54, 1.807) is 12.1 Å². The minimum Gasteiger partial charge on any atom is -0.481 e. The molecule has 0 bridgehead atoms. The third kappa shape index (κ3) is 3.22. The zero-order valence-electron chi connectivity index (χ0n) is 10.9.